The van der Waals surface area contributed by atoms with E-state index in [1.165, 1.54) is 18.3 Å². The summed E-state index contributed by atoms with van der Waals surface area (Å²) in [5.74, 6) is -2.37. The number of anilines is 1. The first kappa shape index (κ1) is 20.4. The Morgan fingerprint density at radius 3 is 2.43 bits per heavy atom. The van der Waals surface area contributed by atoms with Crippen LogP contribution in [0.2, 0.25) is 0 Å². The maximum absolute atomic E-state index is 12.0. The second-order valence-corrected chi connectivity index (χ2v) is 5.31. The van der Waals surface area contributed by atoms with Crippen molar-refractivity contribution in [2.75, 3.05) is 18.5 Å². The Morgan fingerprint density at radius 1 is 1.04 bits per heavy atom. The van der Waals surface area contributed by atoms with Crippen molar-refractivity contribution in [2.24, 2.45) is 5.10 Å². The van der Waals surface area contributed by atoms with Crippen LogP contribution in [0.3, 0.4) is 0 Å². The normalized spacial score (nSPS) is 10.3. The van der Waals surface area contributed by atoms with Crippen LogP contribution in [0, 0.1) is 0 Å². The van der Waals surface area contributed by atoms with Gasteiger partial charge in [0.15, 0.2) is 0 Å². The summed E-state index contributed by atoms with van der Waals surface area (Å²) in [6, 6.07) is 13.0. The summed E-state index contributed by atoms with van der Waals surface area (Å²) < 4.78 is 10.3. The molecule has 0 saturated carbocycles. The largest absolute Gasteiger partial charge is 0.546 e. The van der Waals surface area contributed by atoms with Gasteiger partial charge in [-0.1, -0.05) is 12.1 Å². The van der Waals surface area contributed by atoms with Gasteiger partial charge in [-0.3, -0.25) is 9.59 Å². The van der Waals surface area contributed by atoms with E-state index >= 15 is 0 Å². The number of hydrogen-bond donors (Lipinski definition) is 2. The molecule has 0 fully saturated rings. The van der Waals surface area contributed by atoms with Crippen LogP contribution in [0.15, 0.2) is 53.6 Å². The van der Waals surface area contributed by atoms with E-state index in [0.717, 1.165) is 0 Å². The molecule has 2 N–H and O–H groups in total. The zero-order valence-electron chi connectivity index (χ0n) is 15.0. The molecule has 9 heteroatoms. The number of aliphatic carboxylic acids is 1. The molecule has 0 aliphatic carbocycles. The average molecular weight is 384 g/mol. The van der Waals surface area contributed by atoms with Gasteiger partial charge in [-0.2, -0.15) is 5.10 Å². The zero-order valence-corrected chi connectivity index (χ0v) is 15.0. The fraction of sp³-hybridized carbons (Fsp3) is 0.158. The molecule has 0 saturated heterocycles. The van der Waals surface area contributed by atoms with Crippen molar-refractivity contribution in [3.05, 3.63) is 54.1 Å². The Balaban J connectivity index is 1.87. The second kappa shape index (κ2) is 10.3. The molecule has 0 spiro atoms. The van der Waals surface area contributed by atoms with Crippen molar-refractivity contribution in [3.8, 4) is 11.5 Å². The summed E-state index contributed by atoms with van der Waals surface area (Å²) in [6.45, 7) is 1.67. The molecule has 9 nitrogen and oxygen atoms in total. The predicted molar refractivity (Wildman–Crippen MR) is 98.9 cm³/mol. The van der Waals surface area contributed by atoms with Crippen LogP contribution < -0.4 is 25.3 Å². The Kier molecular flexibility index (Phi) is 7.53. The lowest BCUT2D eigenvalue weighted by molar-refractivity contribution is -0.307. The van der Waals surface area contributed by atoms with Gasteiger partial charge < -0.3 is 24.7 Å². The van der Waals surface area contributed by atoms with Crippen molar-refractivity contribution in [1.29, 1.82) is 0 Å². The number of hydrazone groups is 1. The third-order valence-electron chi connectivity index (χ3n) is 3.26. The monoisotopic (exact) mass is 384 g/mol. The molecular formula is C19H18N3O6-. The van der Waals surface area contributed by atoms with Crippen LogP contribution in [0.25, 0.3) is 0 Å². The Labute approximate surface area is 161 Å². The fourth-order valence-electron chi connectivity index (χ4n) is 2.04. The molecule has 146 valence electrons. The number of rotatable bonds is 8. The number of carboxylic acids is 1. The second-order valence-electron chi connectivity index (χ2n) is 5.31. The average Bonchev–Trinajstić information content (AvgIpc) is 2.69. The van der Waals surface area contributed by atoms with Gasteiger partial charge in [0.1, 0.15) is 18.1 Å². The highest BCUT2D eigenvalue weighted by Crippen LogP contribution is 2.23. The van der Waals surface area contributed by atoms with Crippen molar-refractivity contribution < 1.29 is 29.0 Å². The standard InChI is InChI=1S/C19H19N3O6/c1-2-27-16-6-4-3-5-15(16)21-18(25)19(26)22-20-11-13-7-9-14(10-8-13)28-12-17(23)24/h3-11H,2,12H2,1H3,(H,21,25)(H,22,26)(H,23,24)/p-1/b20-11-. The van der Waals surface area contributed by atoms with Crippen LogP contribution in [0.1, 0.15) is 12.5 Å². The fourth-order valence-corrected chi connectivity index (χ4v) is 2.04. The van der Waals surface area contributed by atoms with Gasteiger partial charge in [-0.25, -0.2) is 5.43 Å². The molecule has 2 aromatic rings. The molecule has 0 atom stereocenters. The van der Waals surface area contributed by atoms with E-state index in [4.69, 9.17) is 9.47 Å². The van der Waals surface area contributed by atoms with Crippen molar-refractivity contribution >= 4 is 29.7 Å². The molecule has 0 aliphatic rings. The van der Waals surface area contributed by atoms with Crippen LogP contribution in [-0.2, 0) is 14.4 Å². The lowest BCUT2D eigenvalue weighted by Gasteiger charge is -2.10. The van der Waals surface area contributed by atoms with Gasteiger partial charge in [-0.05, 0) is 48.9 Å². The molecule has 0 aliphatic heterocycles. The van der Waals surface area contributed by atoms with Crippen molar-refractivity contribution in [3.63, 3.8) is 0 Å². The number of carboxylic acid groups (broad SMARTS) is 1. The summed E-state index contributed by atoms with van der Waals surface area (Å²) in [4.78, 5) is 34.1. The van der Waals surface area contributed by atoms with Crippen LogP contribution >= 0.6 is 0 Å². The van der Waals surface area contributed by atoms with E-state index in [1.807, 2.05) is 6.92 Å². The summed E-state index contributed by atoms with van der Waals surface area (Å²) in [5, 5.41) is 16.5. The van der Waals surface area contributed by atoms with Crippen LogP contribution in [-0.4, -0.2) is 37.2 Å². The molecule has 0 bridgehead atoms. The maximum Gasteiger partial charge on any atom is 0.329 e. The molecular weight excluding hydrogens is 366 g/mol. The first-order valence-corrected chi connectivity index (χ1v) is 8.28. The van der Waals surface area contributed by atoms with Gasteiger partial charge in [0.25, 0.3) is 0 Å². The molecule has 0 aromatic heterocycles. The molecule has 2 amide bonds. The Bertz CT molecular complexity index is 864. The topological polar surface area (TPSA) is 129 Å². The van der Waals surface area contributed by atoms with Gasteiger partial charge >= 0.3 is 11.8 Å². The van der Waals surface area contributed by atoms with Gasteiger partial charge in [0.05, 0.1) is 24.5 Å². The van der Waals surface area contributed by atoms with Crippen LogP contribution in [0.5, 0.6) is 11.5 Å². The quantitative estimate of drug-likeness (QED) is 0.383. The lowest BCUT2D eigenvalue weighted by Crippen LogP contribution is -2.32. The summed E-state index contributed by atoms with van der Waals surface area (Å²) in [7, 11) is 0. The van der Waals surface area contributed by atoms with E-state index < -0.39 is 24.4 Å². The first-order valence-electron chi connectivity index (χ1n) is 8.28. The summed E-state index contributed by atoms with van der Waals surface area (Å²) in [5.41, 5.74) is 3.09. The minimum atomic E-state index is -1.32. The van der Waals surface area contributed by atoms with Crippen molar-refractivity contribution in [1.82, 2.24) is 5.43 Å². The zero-order chi connectivity index (χ0) is 20.4. The lowest BCUT2D eigenvalue weighted by atomic mass is 10.2. The highest BCUT2D eigenvalue weighted by atomic mass is 16.5. The summed E-state index contributed by atoms with van der Waals surface area (Å²) >= 11 is 0. The van der Waals surface area contributed by atoms with E-state index in [-0.39, 0.29) is 0 Å². The number of ether oxygens (including phenoxy) is 2. The SMILES string of the molecule is CCOc1ccccc1NC(=O)C(=O)N/N=C\c1ccc(OCC(=O)[O-])cc1. The number of benzene rings is 2. The minimum absolute atomic E-state index is 0.345. The highest BCUT2D eigenvalue weighted by molar-refractivity contribution is 6.39. The highest BCUT2D eigenvalue weighted by Gasteiger charge is 2.15. The van der Waals surface area contributed by atoms with Gasteiger partial charge in [0.2, 0.25) is 0 Å². The molecule has 2 aromatic carbocycles. The minimum Gasteiger partial charge on any atom is -0.546 e. The van der Waals surface area contributed by atoms with Gasteiger partial charge in [0, 0.05) is 0 Å². The Hall–Kier alpha value is -3.88. The first-order chi connectivity index (χ1) is 13.5. The molecule has 2 rings (SSSR count). The third kappa shape index (κ3) is 6.45. The molecule has 0 unspecified atom stereocenters. The number of hydrogen-bond acceptors (Lipinski definition) is 7. The number of nitrogens with zero attached hydrogens (tertiary/aromatic N) is 1. The number of nitrogens with one attached hydrogen (secondary N) is 2. The third-order valence-corrected chi connectivity index (χ3v) is 3.26. The number of amides is 2. The smallest absolute Gasteiger partial charge is 0.329 e. The number of para-hydroxylation sites is 2. The van der Waals surface area contributed by atoms with E-state index in [9.17, 15) is 19.5 Å². The van der Waals surface area contributed by atoms with Crippen LogP contribution in [0.4, 0.5) is 5.69 Å². The Morgan fingerprint density at radius 2 is 1.75 bits per heavy atom. The number of carbonyl (C=O) groups excluding carboxylic acids is 3. The summed E-state index contributed by atoms with van der Waals surface area (Å²) in [6.07, 6.45) is 1.32. The molecule has 0 heterocycles. The molecule has 28 heavy (non-hydrogen) atoms. The van der Waals surface area contributed by atoms with E-state index in [0.29, 0.717) is 29.4 Å². The van der Waals surface area contributed by atoms with E-state index in [1.54, 1.807) is 36.4 Å². The van der Waals surface area contributed by atoms with Gasteiger partial charge in [-0.15, -0.1) is 0 Å². The van der Waals surface area contributed by atoms with E-state index in [2.05, 4.69) is 15.8 Å². The van der Waals surface area contributed by atoms with Crippen molar-refractivity contribution in [2.45, 2.75) is 6.92 Å². The number of carbonyl (C=O) groups is 3. The predicted octanol–water partition coefficient (Wildman–Crippen LogP) is 0.303. The maximum atomic E-state index is 12.0. The molecule has 0 radical (unpaired) electrons.